The molecule has 1 amide bonds. The van der Waals surface area contributed by atoms with E-state index in [1.807, 2.05) is 20.8 Å². The highest BCUT2D eigenvalue weighted by Crippen LogP contribution is 2.07. The molecule has 0 aliphatic carbocycles. The predicted octanol–water partition coefficient (Wildman–Crippen LogP) is 0.585. The molecule has 16 heavy (non-hydrogen) atoms. The third-order valence-electron chi connectivity index (χ3n) is 2.69. The van der Waals surface area contributed by atoms with Crippen molar-refractivity contribution >= 4 is 5.91 Å². The number of piperidine rings is 1. The molecular weight excluding hydrogens is 202 g/mol. The fraction of sp³-hybridized carbons (Fsp3) is 0.917. The molecule has 0 aromatic rings. The minimum absolute atomic E-state index is 0.0840. The van der Waals surface area contributed by atoms with Gasteiger partial charge in [0, 0.05) is 18.1 Å². The zero-order chi connectivity index (χ0) is 12.2. The van der Waals surface area contributed by atoms with E-state index < -0.39 is 0 Å². The predicted molar refractivity (Wildman–Crippen MR) is 66.4 cm³/mol. The Morgan fingerprint density at radius 1 is 1.44 bits per heavy atom. The van der Waals surface area contributed by atoms with Gasteiger partial charge < -0.3 is 15.5 Å². The van der Waals surface area contributed by atoms with E-state index in [-0.39, 0.29) is 11.4 Å². The van der Waals surface area contributed by atoms with Crippen molar-refractivity contribution in [1.29, 1.82) is 0 Å². The summed E-state index contributed by atoms with van der Waals surface area (Å²) in [6, 6.07) is 0.462. The maximum absolute atomic E-state index is 11.6. The molecule has 4 nitrogen and oxygen atoms in total. The highest BCUT2D eigenvalue weighted by atomic mass is 16.2. The van der Waals surface area contributed by atoms with Gasteiger partial charge in [0.05, 0.1) is 6.54 Å². The third-order valence-corrected chi connectivity index (χ3v) is 2.69. The van der Waals surface area contributed by atoms with Gasteiger partial charge in [0.25, 0.3) is 0 Å². The molecule has 1 saturated heterocycles. The van der Waals surface area contributed by atoms with E-state index in [2.05, 4.69) is 22.6 Å². The van der Waals surface area contributed by atoms with Crippen LogP contribution in [0.5, 0.6) is 0 Å². The van der Waals surface area contributed by atoms with Gasteiger partial charge in [0.15, 0.2) is 0 Å². The van der Waals surface area contributed by atoms with E-state index in [0.29, 0.717) is 12.6 Å². The molecule has 4 heteroatoms. The number of amides is 1. The lowest BCUT2D eigenvalue weighted by atomic mass is 10.1. The summed E-state index contributed by atoms with van der Waals surface area (Å²) in [4.78, 5) is 13.9. The lowest BCUT2D eigenvalue weighted by Gasteiger charge is -2.30. The molecule has 1 rings (SSSR count). The molecule has 1 unspecified atom stereocenters. The molecule has 2 N–H and O–H groups in total. The van der Waals surface area contributed by atoms with Gasteiger partial charge in [-0.25, -0.2) is 0 Å². The van der Waals surface area contributed by atoms with Crippen LogP contribution in [0.4, 0.5) is 0 Å². The molecule has 1 atom stereocenters. The van der Waals surface area contributed by atoms with Crippen LogP contribution in [0.1, 0.15) is 33.6 Å². The fourth-order valence-corrected chi connectivity index (χ4v) is 2.03. The fourth-order valence-electron chi connectivity index (χ4n) is 2.03. The Hall–Kier alpha value is -0.610. The summed E-state index contributed by atoms with van der Waals surface area (Å²) < 4.78 is 0. The summed E-state index contributed by atoms with van der Waals surface area (Å²) in [5.41, 5.74) is -0.137. The number of nitrogens with one attached hydrogen (secondary N) is 2. The lowest BCUT2D eigenvalue weighted by molar-refractivity contribution is -0.121. The molecular formula is C12H25N3O. The number of nitrogens with zero attached hydrogens (tertiary/aromatic N) is 1. The van der Waals surface area contributed by atoms with Crippen molar-refractivity contribution < 1.29 is 4.79 Å². The normalized spacial score (nSPS) is 23.1. The van der Waals surface area contributed by atoms with E-state index in [0.717, 1.165) is 6.54 Å². The van der Waals surface area contributed by atoms with Gasteiger partial charge in [-0.2, -0.15) is 0 Å². The van der Waals surface area contributed by atoms with E-state index in [1.54, 1.807) is 0 Å². The second-order valence-electron chi connectivity index (χ2n) is 5.78. The smallest absolute Gasteiger partial charge is 0.234 e. The minimum Gasteiger partial charge on any atom is -0.350 e. The second-order valence-corrected chi connectivity index (χ2v) is 5.78. The monoisotopic (exact) mass is 227 g/mol. The number of rotatable bonds is 3. The van der Waals surface area contributed by atoms with Crippen LogP contribution in [0.3, 0.4) is 0 Å². The lowest BCUT2D eigenvalue weighted by Crippen LogP contribution is -2.50. The van der Waals surface area contributed by atoms with E-state index in [4.69, 9.17) is 0 Å². The molecule has 0 bridgehead atoms. The van der Waals surface area contributed by atoms with E-state index in [1.165, 1.54) is 19.4 Å². The number of likely N-dealkylation sites (N-methyl/N-ethyl adjacent to an activating group) is 1. The van der Waals surface area contributed by atoms with Gasteiger partial charge in [-0.1, -0.05) is 0 Å². The van der Waals surface area contributed by atoms with Crippen molar-refractivity contribution in [3.8, 4) is 0 Å². The molecule has 0 aromatic heterocycles. The molecule has 0 radical (unpaired) electrons. The van der Waals surface area contributed by atoms with Crippen molar-refractivity contribution in [3.63, 3.8) is 0 Å². The average molecular weight is 227 g/mol. The quantitative estimate of drug-likeness (QED) is 0.741. The first kappa shape index (κ1) is 13.5. The zero-order valence-corrected chi connectivity index (χ0v) is 11.0. The van der Waals surface area contributed by atoms with Gasteiger partial charge in [0.1, 0.15) is 0 Å². The molecule has 1 aliphatic rings. The summed E-state index contributed by atoms with van der Waals surface area (Å²) in [6.45, 7) is 8.64. The summed E-state index contributed by atoms with van der Waals surface area (Å²) >= 11 is 0. The SMILES string of the molecule is CN1CCCC(NCC(=O)NC(C)(C)C)C1. The molecule has 0 aromatic carbocycles. The second kappa shape index (κ2) is 5.64. The molecule has 94 valence electrons. The van der Waals surface area contributed by atoms with Crippen molar-refractivity contribution in [2.45, 2.75) is 45.2 Å². The summed E-state index contributed by atoms with van der Waals surface area (Å²) in [7, 11) is 2.13. The van der Waals surface area contributed by atoms with E-state index in [9.17, 15) is 4.79 Å². The maximum Gasteiger partial charge on any atom is 0.234 e. The number of hydrogen-bond donors (Lipinski definition) is 2. The first-order valence-electron chi connectivity index (χ1n) is 6.10. The molecule has 1 heterocycles. The molecule has 0 saturated carbocycles. The minimum atomic E-state index is -0.137. The number of carbonyl (C=O) groups is 1. The zero-order valence-electron chi connectivity index (χ0n) is 11.0. The van der Waals surface area contributed by atoms with Gasteiger partial charge in [-0.15, -0.1) is 0 Å². The van der Waals surface area contributed by atoms with E-state index >= 15 is 0 Å². The topological polar surface area (TPSA) is 44.4 Å². The molecule has 1 fully saturated rings. The van der Waals surface area contributed by atoms with Crippen LogP contribution in [0.2, 0.25) is 0 Å². The standard InChI is InChI=1S/C12H25N3O/c1-12(2,3)14-11(16)8-13-10-6-5-7-15(4)9-10/h10,13H,5-9H2,1-4H3,(H,14,16). The summed E-state index contributed by atoms with van der Waals surface area (Å²) in [5.74, 6) is 0.0840. The Morgan fingerprint density at radius 2 is 2.12 bits per heavy atom. The highest BCUT2D eigenvalue weighted by molar-refractivity contribution is 5.78. The Balaban J connectivity index is 2.21. The number of likely N-dealkylation sites (tertiary alicyclic amines) is 1. The van der Waals surface area contributed by atoms with Gasteiger partial charge in [0.2, 0.25) is 5.91 Å². The van der Waals surface area contributed by atoms with Gasteiger partial charge in [-0.3, -0.25) is 4.79 Å². The Bertz CT molecular complexity index is 235. The number of hydrogen-bond acceptors (Lipinski definition) is 3. The van der Waals surface area contributed by atoms with Crippen molar-refractivity contribution in [3.05, 3.63) is 0 Å². The molecule has 0 spiro atoms. The number of carbonyl (C=O) groups excluding carboxylic acids is 1. The highest BCUT2D eigenvalue weighted by Gasteiger charge is 2.18. The Morgan fingerprint density at radius 3 is 2.69 bits per heavy atom. The van der Waals surface area contributed by atoms with Crippen LogP contribution in [0.25, 0.3) is 0 Å². The van der Waals surface area contributed by atoms with Crippen LogP contribution in [-0.4, -0.2) is 49.1 Å². The first-order chi connectivity index (χ1) is 7.37. The average Bonchev–Trinajstić information content (AvgIpc) is 2.12. The van der Waals surface area contributed by atoms with Crippen molar-refractivity contribution in [1.82, 2.24) is 15.5 Å². The van der Waals surface area contributed by atoms with Gasteiger partial charge in [-0.05, 0) is 47.2 Å². The van der Waals surface area contributed by atoms with Gasteiger partial charge >= 0.3 is 0 Å². The largest absolute Gasteiger partial charge is 0.350 e. The van der Waals surface area contributed by atoms with Crippen LogP contribution >= 0.6 is 0 Å². The van der Waals surface area contributed by atoms with Crippen LogP contribution in [0.15, 0.2) is 0 Å². The van der Waals surface area contributed by atoms with Crippen LogP contribution in [0, 0.1) is 0 Å². The third kappa shape index (κ3) is 5.47. The van der Waals surface area contributed by atoms with Crippen molar-refractivity contribution in [2.75, 3.05) is 26.7 Å². The van der Waals surface area contributed by atoms with Crippen molar-refractivity contribution in [2.24, 2.45) is 0 Å². The Kier molecular flexibility index (Phi) is 4.74. The first-order valence-corrected chi connectivity index (χ1v) is 6.10. The van der Waals surface area contributed by atoms with Crippen LogP contribution < -0.4 is 10.6 Å². The van der Waals surface area contributed by atoms with Crippen LogP contribution in [-0.2, 0) is 4.79 Å². The summed E-state index contributed by atoms with van der Waals surface area (Å²) in [5, 5.41) is 6.28. The Labute approximate surface area is 98.8 Å². The maximum atomic E-state index is 11.6. The molecule has 1 aliphatic heterocycles. The summed E-state index contributed by atoms with van der Waals surface area (Å²) in [6.07, 6.45) is 2.39.